The maximum Gasteiger partial charge on any atom is 0.228 e. The summed E-state index contributed by atoms with van der Waals surface area (Å²) in [5, 5.41) is 19.0. The van der Waals surface area contributed by atoms with Crippen LogP contribution in [0.1, 0.15) is 11.1 Å². The summed E-state index contributed by atoms with van der Waals surface area (Å²) in [6.45, 7) is 0. The van der Waals surface area contributed by atoms with Gasteiger partial charge in [0.15, 0.2) is 0 Å². The van der Waals surface area contributed by atoms with Gasteiger partial charge in [-0.3, -0.25) is 0 Å². The lowest BCUT2D eigenvalue weighted by Gasteiger charge is -2.08. The molecule has 1 heterocycles. The minimum absolute atomic E-state index is 0.711. The van der Waals surface area contributed by atoms with E-state index in [4.69, 9.17) is 4.74 Å². The molecule has 2 atom stereocenters. The Morgan fingerprint density at radius 1 is 0.684 bits per heavy atom. The van der Waals surface area contributed by atoms with E-state index in [9.17, 15) is 10.5 Å². The summed E-state index contributed by atoms with van der Waals surface area (Å²) in [5.74, 6) is 0. The molecule has 2 aromatic carbocycles. The summed E-state index contributed by atoms with van der Waals surface area (Å²) >= 11 is 0. The van der Waals surface area contributed by atoms with Crippen molar-refractivity contribution in [2.45, 2.75) is 11.2 Å². The van der Waals surface area contributed by atoms with Crippen molar-refractivity contribution in [3.05, 3.63) is 71.8 Å². The predicted molar refractivity (Wildman–Crippen MR) is 68.6 cm³/mol. The fourth-order valence-electron chi connectivity index (χ4n) is 2.41. The van der Waals surface area contributed by atoms with Crippen LogP contribution < -0.4 is 0 Å². The van der Waals surface area contributed by atoms with Crippen molar-refractivity contribution in [3.8, 4) is 12.1 Å². The van der Waals surface area contributed by atoms with Crippen molar-refractivity contribution < 1.29 is 4.74 Å². The molecule has 0 saturated carbocycles. The molecule has 0 N–H and O–H groups in total. The van der Waals surface area contributed by atoms with Crippen LogP contribution in [-0.4, -0.2) is 0 Å². The number of nitriles is 2. The smallest absolute Gasteiger partial charge is 0.228 e. The van der Waals surface area contributed by atoms with E-state index in [2.05, 4.69) is 12.1 Å². The first-order valence-corrected chi connectivity index (χ1v) is 5.93. The van der Waals surface area contributed by atoms with Crippen LogP contribution in [0.3, 0.4) is 0 Å². The number of ether oxygens (including phenoxy) is 1. The average molecular weight is 246 g/mol. The molecule has 1 aliphatic rings. The van der Waals surface area contributed by atoms with E-state index in [0.29, 0.717) is 11.1 Å². The van der Waals surface area contributed by atoms with Crippen LogP contribution in [0.25, 0.3) is 0 Å². The van der Waals surface area contributed by atoms with Crippen molar-refractivity contribution in [1.29, 1.82) is 10.5 Å². The van der Waals surface area contributed by atoms with E-state index in [-0.39, 0.29) is 0 Å². The van der Waals surface area contributed by atoms with Gasteiger partial charge in [-0.2, -0.15) is 10.5 Å². The number of hydrogen-bond donors (Lipinski definition) is 0. The molecule has 3 rings (SSSR count). The Labute approximate surface area is 111 Å². The van der Waals surface area contributed by atoms with E-state index in [1.807, 2.05) is 60.7 Å². The van der Waals surface area contributed by atoms with Gasteiger partial charge in [-0.05, 0) is 0 Å². The zero-order valence-electron chi connectivity index (χ0n) is 10.1. The van der Waals surface area contributed by atoms with Crippen LogP contribution in [0.2, 0.25) is 0 Å². The average Bonchev–Trinajstić information content (AvgIpc) is 3.20. The van der Waals surface area contributed by atoms with Crippen molar-refractivity contribution in [3.63, 3.8) is 0 Å². The first kappa shape index (κ1) is 11.5. The quantitative estimate of drug-likeness (QED) is 0.765. The molecule has 0 spiro atoms. The number of hydrogen-bond acceptors (Lipinski definition) is 3. The molecule has 90 valence electrons. The van der Waals surface area contributed by atoms with Gasteiger partial charge in [0.1, 0.15) is 12.1 Å². The molecule has 2 aromatic rings. The molecule has 3 nitrogen and oxygen atoms in total. The second kappa shape index (κ2) is 3.95. The highest BCUT2D eigenvalue weighted by molar-refractivity contribution is 5.51. The fraction of sp³-hybridized carbons (Fsp3) is 0.125. The van der Waals surface area contributed by atoms with E-state index < -0.39 is 11.2 Å². The Balaban J connectivity index is 2.14. The fourth-order valence-corrected chi connectivity index (χ4v) is 2.41. The van der Waals surface area contributed by atoms with Crippen molar-refractivity contribution in [2.24, 2.45) is 0 Å². The molecule has 0 unspecified atom stereocenters. The number of benzene rings is 2. The van der Waals surface area contributed by atoms with Gasteiger partial charge in [-0.15, -0.1) is 0 Å². The first-order chi connectivity index (χ1) is 9.29. The first-order valence-electron chi connectivity index (χ1n) is 5.93. The van der Waals surface area contributed by atoms with Gasteiger partial charge >= 0.3 is 0 Å². The van der Waals surface area contributed by atoms with Crippen LogP contribution in [-0.2, 0) is 15.9 Å². The zero-order valence-corrected chi connectivity index (χ0v) is 10.1. The molecular weight excluding hydrogens is 236 g/mol. The highest BCUT2D eigenvalue weighted by Crippen LogP contribution is 2.61. The van der Waals surface area contributed by atoms with Crippen LogP contribution >= 0.6 is 0 Å². The molecule has 1 saturated heterocycles. The van der Waals surface area contributed by atoms with Gasteiger partial charge in [0.2, 0.25) is 11.2 Å². The second-order valence-corrected chi connectivity index (χ2v) is 4.42. The Hall–Kier alpha value is -2.62. The summed E-state index contributed by atoms with van der Waals surface area (Å²) in [5.41, 5.74) is -0.986. The minimum Gasteiger partial charge on any atom is -0.321 e. The van der Waals surface area contributed by atoms with Gasteiger partial charge in [0, 0.05) is 11.1 Å². The molecule has 0 amide bonds. The summed E-state index contributed by atoms with van der Waals surface area (Å²) in [6, 6.07) is 22.7. The van der Waals surface area contributed by atoms with E-state index in [1.165, 1.54) is 0 Å². The Morgan fingerprint density at radius 3 is 1.37 bits per heavy atom. The predicted octanol–water partition coefficient (Wildman–Crippen LogP) is 2.85. The van der Waals surface area contributed by atoms with Crippen LogP contribution in [0.15, 0.2) is 60.7 Å². The summed E-state index contributed by atoms with van der Waals surface area (Å²) in [4.78, 5) is 0. The maximum atomic E-state index is 9.51. The van der Waals surface area contributed by atoms with E-state index in [1.54, 1.807) is 0 Å². The number of rotatable bonds is 2. The highest BCUT2D eigenvalue weighted by atomic mass is 16.6. The Kier molecular flexibility index (Phi) is 2.38. The molecule has 0 aromatic heterocycles. The lowest BCUT2D eigenvalue weighted by Crippen LogP contribution is -2.19. The van der Waals surface area contributed by atoms with Crippen molar-refractivity contribution in [2.75, 3.05) is 0 Å². The van der Waals surface area contributed by atoms with Gasteiger partial charge < -0.3 is 4.74 Å². The second-order valence-electron chi connectivity index (χ2n) is 4.42. The number of epoxide rings is 1. The van der Waals surface area contributed by atoms with Crippen molar-refractivity contribution >= 4 is 0 Å². The highest BCUT2D eigenvalue weighted by Gasteiger charge is 2.74. The molecule has 1 aliphatic heterocycles. The minimum atomic E-state index is -1.20. The summed E-state index contributed by atoms with van der Waals surface area (Å²) in [7, 11) is 0. The normalized spacial score (nSPS) is 28.1. The van der Waals surface area contributed by atoms with Crippen LogP contribution in [0, 0.1) is 22.7 Å². The van der Waals surface area contributed by atoms with Gasteiger partial charge in [0.05, 0.1) is 0 Å². The summed E-state index contributed by atoms with van der Waals surface area (Å²) in [6.07, 6.45) is 0. The molecular formula is C16H10N2O. The lowest BCUT2D eigenvalue weighted by molar-refractivity contribution is 0.314. The van der Waals surface area contributed by atoms with Gasteiger partial charge in [0.25, 0.3) is 0 Å². The third-order valence-corrected chi connectivity index (χ3v) is 3.44. The molecule has 0 bridgehead atoms. The molecule has 0 radical (unpaired) electrons. The van der Waals surface area contributed by atoms with Crippen LogP contribution in [0.5, 0.6) is 0 Å². The van der Waals surface area contributed by atoms with Gasteiger partial charge in [-0.1, -0.05) is 60.7 Å². The summed E-state index contributed by atoms with van der Waals surface area (Å²) < 4.78 is 5.64. The SMILES string of the molecule is N#C[C@]1(c2ccccc2)O[C@]1(C#N)c1ccccc1. The van der Waals surface area contributed by atoms with E-state index in [0.717, 1.165) is 0 Å². The number of nitrogens with zero attached hydrogens (tertiary/aromatic N) is 2. The largest absolute Gasteiger partial charge is 0.321 e. The Morgan fingerprint density at radius 2 is 1.05 bits per heavy atom. The van der Waals surface area contributed by atoms with Crippen LogP contribution in [0.4, 0.5) is 0 Å². The molecule has 3 heteroatoms. The topological polar surface area (TPSA) is 60.1 Å². The van der Waals surface area contributed by atoms with Gasteiger partial charge in [-0.25, -0.2) is 0 Å². The maximum absolute atomic E-state index is 9.51. The molecule has 19 heavy (non-hydrogen) atoms. The van der Waals surface area contributed by atoms with Crippen molar-refractivity contribution in [1.82, 2.24) is 0 Å². The lowest BCUT2D eigenvalue weighted by atomic mass is 9.83. The third-order valence-electron chi connectivity index (χ3n) is 3.44. The third kappa shape index (κ3) is 1.40. The zero-order chi connectivity index (χ0) is 13.3. The standard InChI is InChI=1S/C16H10N2O/c17-11-15(13-7-3-1-4-8-13)16(12-18,19-15)14-9-5-2-6-10-14/h1-10H/t15-,16-/m1/s1. The van der Waals surface area contributed by atoms with E-state index >= 15 is 0 Å². The molecule has 0 aliphatic carbocycles. The monoisotopic (exact) mass is 246 g/mol. The molecule has 1 fully saturated rings. The Bertz CT molecular complexity index is 623.